The number of nitrogens with zero attached hydrogens (tertiary/aromatic N) is 1. The third-order valence-corrected chi connectivity index (χ3v) is 4.09. The van der Waals surface area contributed by atoms with Gasteiger partial charge in [0.05, 0.1) is 0 Å². The van der Waals surface area contributed by atoms with Gasteiger partial charge in [-0.15, -0.1) is 0 Å². The Labute approximate surface area is 85.0 Å². The van der Waals surface area contributed by atoms with Crippen molar-refractivity contribution in [3.63, 3.8) is 0 Å². The Kier molecular flexibility index (Phi) is 1.59. The average Bonchev–Trinajstić information content (AvgIpc) is 2.41. The normalized spacial score (nSPS) is 36.4. The molecule has 1 saturated heterocycles. The van der Waals surface area contributed by atoms with Gasteiger partial charge in [0.2, 0.25) is 5.91 Å². The van der Waals surface area contributed by atoms with E-state index in [2.05, 4.69) is 11.8 Å². The number of amides is 1. The highest BCUT2D eigenvalue weighted by Crippen LogP contribution is 2.52. The van der Waals surface area contributed by atoms with E-state index in [0.717, 1.165) is 13.0 Å². The van der Waals surface area contributed by atoms with Gasteiger partial charge < -0.3 is 4.90 Å². The molecule has 0 aromatic heterocycles. The highest BCUT2D eigenvalue weighted by Gasteiger charge is 2.47. The zero-order valence-electron chi connectivity index (χ0n) is 8.81. The number of carbonyl (C=O) groups excluding carboxylic acids is 1. The lowest BCUT2D eigenvalue weighted by molar-refractivity contribution is -0.127. The first-order valence-electron chi connectivity index (χ1n) is 5.74. The maximum Gasteiger partial charge on any atom is 0.227 e. The Morgan fingerprint density at radius 1 is 1.29 bits per heavy atom. The van der Waals surface area contributed by atoms with Crippen LogP contribution in [0.4, 0.5) is 0 Å². The molecule has 2 heterocycles. The van der Waals surface area contributed by atoms with Gasteiger partial charge >= 0.3 is 0 Å². The van der Waals surface area contributed by atoms with Crippen molar-refractivity contribution in [1.29, 1.82) is 0 Å². The molecule has 0 radical (unpaired) electrons. The number of rotatable bonds is 0. The summed E-state index contributed by atoms with van der Waals surface area (Å²) in [5, 5.41) is 0. The molecule has 1 atom stereocenters. The molecule has 0 aromatic carbocycles. The molecule has 2 aliphatic heterocycles. The standard InChI is InChI=1S/C12H17NO/c1-12-6-2-4-9-5-3-7-13(11(9)12)10(14)8-12/h2-8H2,1H3. The van der Waals surface area contributed by atoms with E-state index in [1.165, 1.54) is 37.8 Å². The van der Waals surface area contributed by atoms with Crippen LogP contribution in [0.3, 0.4) is 0 Å². The molecule has 0 spiro atoms. The van der Waals surface area contributed by atoms with Crippen LogP contribution >= 0.6 is 0 Å². The number of hydrogen-bond acceptors (Lipinski definition) is 1. The van der Waals surface area contributed by atoms with E-state index in [4.69, 9.17) is 0 Å². The van der Waals surface area contributed by atoms with Gasteiger partial charge in [0.15, 0.2) is 0 Å². The second-order valence-corrected chi connectivity index (χ2v) is 5.19. The summed E-state index contributed by atoms with van der Waals surface area (Å²) in [6.07, 6.45) is 6.94. The van der Waals surface area contributed by atoms with E-state index in [9.17, 15) is 4.79 Å². The summed E-state index contributed by atoms with van der Waals surface area (Å²) in [5.41, 5.74) is 3.24. The summed E-state index contributed by atoms with van der Waals surface area (Å²) < 4.78 is 0. The lowest BCUT2D eigenvalue weighted by Gasteiger charge is -2.37. The fourth-order valence-electron chi connectivity index (χ4n) is 3.53. The van der Waals surface area contributed by atoms with Crippen molar-refractivity contribution >= 4 is 5.91 Å². The maximum absolute atomic E-state index is 11.8. The molecule has 14 heavy (non-hydrogen) atoms. The highest BCUT2D eigenvalue weighted by molar-refractivity contribution is 5.83. The SMILES string of the molecule is CC12CCCC3=C1N(CCC3)C(=O)C2. The summed E-state index contributed by atoms with van der Waals surface area (Å²) in [6.45, 7) is 3.26. The van der Waals surface area contributed by atoms with Crippen LogP contribution in [0.2, 0.25) is 0 Å². The van der Waals surface area contributed by atoms with Crippen LogP contribution in [0.5, 0.6) is 0 Å². The average molecular weight is 191 g/mol. The number of hydrogen-bond donors (Lipinski definition) is 0. The molecule has 3 aliphatic rings. The van der Waals surface area contributed by atoms with Gasteiger partial charge in [-0.2, -0.15) is 0 Å². The largest absolute Gasteiger partial charge is 0.316 e. The number of allylic oxidation sites excluding steroid dienone is 2. The first-order valence-corrected chi connectivity index (χ1v) is 5.74. The number of carbonyl (C=O) groups is 1. The van der Waals surface area contributed by atoms with E-state index in [1.54, 1.807) is 5.57 Å². The van der Waals surface area contributed by atoms with Crippen molar-refractivity contribution in [3.05, 3.63) is 11.3 Å². The van der Waals surface area contributed by atoms with Gasteiger partial charge in [0, 0.05) is 24.1 Å². The molecule has 1 aliphatic carbocycles. The molecule has 1 amide bonds. The van der Waals surface area contributed by atoms with Crippen LogP contribution in [-0.4, -0.2) is 17.4 Å². The minimum absolute atomic E-state index is 0.213. The summed E-state index contributed by atoms with van der Waals surface area (Å²) in [6, 6.07) is 0. The van der Waals surface area contributed by atoms with E-state index < -0.39 is 0 Å². The van der Waals surface area contributed by atoms with Crippen molar-refractivity contribution < 1.29 is 4.79 Å². The summed E-state index contributed by atoms with van der Waals surface area (Å²) in [7, 11) is 0. The molecule has 1 fully saturated rings. The second kappa shape index (κ2) is 2.62. The minimum atomic E-state index is 0.213. The third kappa shape index (κ3) is 0.943. The van der Waals surface area contributed by atoms with Gasteiger partial charge in [0.25, 0.3) is 0 Å². The monoisotopic (exact) mass is 191 g/mol. The third-order valence-electron chi connectivity index (χ3n) is 4.09. The molecule has 1 unspecified atom stereocenters. The Hall–Kier alpha value is -0.790. The molecule has 2 nitrogen and oxygen atoms in total. The van der Waals surface area contributed by atoms with E-state index >= 15 is 0 Å². The zero-order valence-corrected chi connectivity index (χ0v) is 8.81. The Bertz CT molecular complexity index is 327. The van der Waals surface area contributed by atoms with E-state index in [-0.39, 0.29) is 5.41 Å². The maximum atomic E-state index is 11.8. The predicted octanol–water partition coefficient (Wildman–Crippen LogP) is 2.46. The van der Waals surface area contributed by atoms with Crippen molar-refractivity contribution in [1.82, 2.24) is 4.90 Å². The molecule has 2 heteroatoms. The summed E-state index contributed by atoms with van der Waals surface area (Å²) in [5.74, 6) is 0.376. The molecule has 76 valence electrons. The smallest absolute Gasteiger partial charge is 0.227 e. The fraction of sp³-hybridized carbons (Fsp3) is 0.750. The van der Waals surface area contributed by atoms with Crippen LogP contribution in [0.25, 0.3) is 0 Å². The second-order valence-electron chi connectivity index (χ2n) is 5.19. The summed E-state index contributed by atoms with van der Waals surface area (Å²) in [4.78, 5) is 13.9. The van der Waals surface area contributed by atoms with E-state index in [1.807, 2.05) is 0 Å². The first-order chi connectivity index (χ1) is 6.71. The Balaban J connectivity index is 2.14. The molecular weight excluding hydrogens is 174 g/mol. The quantitative estimate of drug-likeness (QED) is 0.576. The van der Waals surface area contributed by atoms with Crippen LogP contribution in [-0.2, 0) is 4.79 Å². The van der Waals surface area contributed by atoms with Crippen molar-refractivity contribution in [2.24, 2.45) is 5.41 Å². The van der Waals surface area contributed by atoms with Gasteiger partial charge in [0.1, 0.15) is 0 Å². The molecule has 0 aromatic rings. The van der Waals surface area contributed by atoms with E-state index in [0.29, 0.717) is 5.91 Å². The minimum Gasteiger partial charge on any atom is -0.316 e. The van der Waals surface area contributed by atoms with Crippen LogP contribution < -0.4 is 0 Å². The van der Waals surface area contributed by atoms with Gasteiger partial charge in [-0.1, -0.05) is 6.92 Å². The van der Waals surface area contributed by atoms with Gasteiger partial charge in [-0.3, -0.25) is 4.79 Å². The topological polar surface area (TPSA) is 20.3 Å². The van der Waals surface area contributed by atoms with Crippen molar-refractivity contribution in [2.45, 2.75) is 45.4 Å². The highest BCUT2D eigenvalue weighted by atomic mass is 16.2. The van der Waals surface area contributed by atoms with Crippen LogP contribution in [0, 0.1) is 5.41 Å². The Morgan fingerprint density at radius 3 is 2.93 bits per heavy atom. The lowest BCUT2D eigenvalue weighted by atomic mass is 9.73. The Morgan fingerprint density at radius 2 is 2.07 bits per heavy atom. The molecule has 0 saturated carbocycles. The fourth-order valence-corrected chi connectivity index (χ4v) is 3.53. The predicted molar refractivity (Wildman–Crippen MR) is 54.5 cm³/mol. The molecule has 3 rings (SSSR count). The van der Waals surface area contributed by atoms with Gasteiger partial charge in [-0.25, -0.2) is 0 Å². The summed E-state index contributed by atoms with van der Waals surface area (Å²) >= 11 is 0. The lowest BCUT2D eigenvalue weighted by Crippen LogP contribution is -2.32. The zero-order chi connectivity index (χ0) is 9.76. The van der Waals surface area contributed by atoms with Crippen LogP contribution in [0.15, 0.2) is 11.3 Å². The van der Waals surface area contributed by atoms with Crippen LogP contribution in [0.1, 0.15) is 45.4 Å². The molecule has 0 bridgehead atoms. The van der Waals surface area contributed by atoms with Crippen molar-refractivity contribution in [2.75, 3.05) is 6.54 Å². The van der Waals surface area contributed by atoms with Crippen molar-refractivity contribution in [3.8, 4) is 0 Å². The first kappa shape index (κ1) is 8.51. The molecule has 0 N–H and O–H groups in total. The van der Waals surface area contributed by atoms with Gasteiger partial charge in [-0.05, 0) is 37.7 Å². The molecular formula is C12H17NO.